The molecule has 1 aliphatic rings. The Morgan fingerprint density at radius 3 is 2.65 bits per heavy atom. The molecule has 1 fully saturated rings. The molecule has 0 saturated carbocycles. The van der Waals surface area contributed by atoms with Crippen LogP contribution in [0, 0.1) is 0 Å². The van der Waals surface area contributed by atoms with Crippen molar-refractivity contribution in [3.63, 3.8) is 0 Å². The summed E-state index contributed by atoms with van der Waals surface area (Å²) in [7, 11) is 0. The molecule has 0 radical (unpaired) electrons. The molecule has 3 nitrogen and oxygen atoms in total. The summed E-state index contributed by atoms with van der Waals surface area (Å²) >= 11 is 7.36. The van der Waals surface area contributed by atoms with Crippen molar-refractivity contribution >= 4 is 34.6 Å². The highest BCUT2D eigenvalue weighted by atomic mass is 35.5. The average molecular weight is 348 g/mol. The number of benzene rings is 1. The van der Waals surface area contributed by atoms with Gasteiger partial charge in [0.05, 0.1) is 10.9 Å². The summed E-state index contributed by atoms with van der Waals surface area (Å²) in [5.74, 6) is 0.114. The first kappa shape index (κ1) is 16.2. The summed E-state index contributed by atoms with van der Waals surface area (Å²) < 4.78 is 0. The van der Waals surface area contributed by atoms with Gasteiger partial charge in [0.1, 0.15) is 0 Å². The van der Waals surface area contributed by atoms with E-state index in [9.17, 15) is 9.59 Å². The van der Waals surface area contributed by atoms with Crippen molar-refractivity contribution in [2.75, 3.05) is 6.54 Å². The Labute approximate surface area is 144 Å². The van der Waals surface area contributed by atoms with E-state index < -0.39 is 0 Å². The first-order valence-corrected chi connectivity index (χ1v) is 9.02. The Morgan fingerprint density at radius 2 is 1.96 bits per heavy atom. The molecule has 2 heterocycles. The maximum absolute atomic E-state index is 12.5. The number of ketones is 1. The molecule has 1 amide bonds. The van der Waals surface area contributed by atoms with E-state index in [0.717, 1.165) is 29.8 Å². The molecule has 0 N–H and O–H groups in total. The van der Waals surface area contributed by atoms with Crippen LogP contribution in [0.3, 0.4) is 0 Å². The van der Waals surface area contributed by atoms with Gasteiger partial charge in [0.15, 0.2) is 5.78 Å². The fourth-order valence-electron chi connectivity index (χ4n) is 3.02. The van der Waals surface area contributed by atoms with Gasteiger partial charge in [0.25, 0.3) is 0 Å². The maximum atomic E-state index is 12.5. The zero-order valence-electron chi connectivity index (χ0n) is 12.7. The van der Waals surface area contributed by atoms with E-state index in [1.807, 2.05) is 46.7 Å². The van der Waals surface area contributed by atoms with E-state index in [2.05, 4.69) is 0 Å². The summed E-state index contributed by atoms with van der Waals surface area (Å²) in [6.45, 7) is 0.763. The number of thiophene rings is 1. The van der Waals surface area contributed by atoms with Gasteiger partial charge in [-0.15, -0.1) is 11.3 Å². The number of carbonyl (C=O) groups is 2. The third-order valence-corrected chi connectivity index (χ3v) is 5.35. The Morgan fingerprint density at radius 1 is 1.17 bits per heavy atom. The highest BCUT2D eigenvalue weighted by Crippen LogP contribution is 2.33. The molecule has 2 aromatic rings. The van der Waals surface area contributed by atoms with Crippen LogP contribution in [-0.2, 0) is 4.79 Å². The smallest absolute Gasteiger partial charge is 0.223 e. The molecule has 1 atom stereocenters. The van der Waals surface area contributed by atoms with Crippen molar-refractivity contribution < 1.29 is 9.59 Å². The number of hydrogen-bond acceptors (Lipinski definition) is 3. The number of carbonyl (C=O) groups excluding carboxylic acids is 2. The van der Waals surface area contributed by atoms with Crippen LogP contribution < -0.4 is 0 Å². The largest absolute Gasteiger partial charge is 0.336 e. The molecule has 1 aromatic carbocycles. The third kappa shape index (κ3) is 3.82. The van der Waals surface area contributed by atoms with E-state index in [1.54, 1.807) is 0 Å². The molecule has 0 spiro atoms. The zero-order chi connectivity index (χ0) is 16.2. The van der Waals surface area contributed by atoms with Gasteiger partial charge in [0.2, 0.25) is 5.91 Å². The normalized spacial score (nSPS) is 17.4. The summed E-state index contributed by atoms with van der Waals surface area (Å²) in [4.78, 5) is 27.2. The lowest BCUT2D eigenvalue weighted by molar-refractivity contribution is -0.132. The number of Topliss-reactive ketones (excluding diaryl/α,β-unsaturated/α-hetero) is 1. The third-order valence-electron chi connectivity index (χ3n) is 4.19. The van der Waals surface area contributed by atoms with Crippen molar-refractivity contribution in [2.45, 2.75) is 31.7 Å². The number of rotatable bonds is 5. The van der Waals surface area contributed by atoms with Crippen LogP contribution in [-0.4, -0.2) is 23.1 Å². The van der Waals surface area contributed by atoms with Gasteiger partial charge in [-0.1, -0.05) is 29.8 Å². The molecule has 1 saturated heterocycles. The predicted octanol–water partition coefficient (Wildman–Crippen LogP) is 4.73. The Balaban J connectivity index is 1.62. The zero-order valence-corrected chi connectivity index (χ0v) is 14.3. The molecule has 1 unspecified atom stereocenters. The molecular weight excluding hydrogens is 330 g/mol. The lowest BCUT2D eigenvalue weighted by atomic mass is 10.0. The van der Waals surface area contributed by atoms with Gasteiger partial charge in [-0.3, -0.25) is 9.59 Å². The van der Waals surface area contributed by atoms with Crippen LogP contribution in [0.25, 0.3) is 0 Å². The number of halogens is 1. The minimum absolute atomic E-state index is 0.0515. The number of nitrogens with zero attached hydrogens (tertiary/aromatic N) is 1. The van der Waals surface area contributed by atoms with Gasteiger partial charge in [0, 0.05) is 24.4 Å². The number of likely N-dealkylation sites (tertiary alicyclic amines) is 1. The summed E-state index contributed by atoms with van der Waals surface area (Å²) in [5.41, 5.74) is 1.12. The number of hydrogen-bond donors (Lipinski definition) is 0. The van der Waals surface area contributed by atoms with E-state index in [-0.39, 0.29) is 30.6 Å². The quantitative estimate of drug-likeness (QED) is 0.733. The molecule has 23 heavy (non-hydrogen) atoms. The summed E-state index contributed by atoms with van der Waals surface area (Å²) in [6, 6.07) is 11.5. The van der Waals surface area contributed by atoms with E-state index >= 15 is 0 Å². The second kappa shape index (κ2) is 7.28. The topological polar surface area (TPSA) is 37.4 Å². The fraction of sp³-hybridized carbons (Fsp3) is 0.333. The molecule has 3 rings (SSSR count). The molecule has 0 bridgehead atoms. The molecule has 1 aliphatic heterocycles. The van der Waals surface area contributed by atoms with Crippen molar-refractivity contribution in [3.05, 3.63) is 57.2 Å². The van der Waals surface area contributed by atoms with Gasteiger partial charge in [-0.25, -0.2) is 0 Å². The molecule has 0 aliphatic carbocycles. The maximum Gasteiger partial charge on any atom is 0.223 e. The van der Waals surface area contributed by atoms with Crippen molar-refractivity contribution in [1.29, 1.82) is 0 Å². The Kier molecular flexibility index (Phi) is 5.13. The minimum Gasteiger partial charge on any atom is -0.336 e. The lowest BCUT2D eigenvalue weighted by Crippen LogP contribution is -2.30. The van der Waals surface area contributed by atoms with Gasteiger partial charge >= 0.3 is 0 Å². The molecular formula is C18H18ClNO2S. The lowest BCUT2D eigenvalue weighted by Gasteiger charge is -2.25. The van der Waals surface area contributed by atoms with E-state index in [0.29, 0.717) is 5.02 Å². The summed E-state index contributed by atoms with van der Waals surface area (Å²) in [5, 5.41) is 2.58. The minimum atomic E-state index is 0.0515. The fourth-order valence-corrected chi connectivity index (χ4v) is 3.84. The van der Waals surface area contributed by atoms with Crippen LogP contribution in [0.15, 0.2) is 41.8 Å². The van der Waals surface area contributed by atoms with Gasteiger partial charge < -0.3 is 4.90 Å². The van der Waals surface area contributed by atoms with Gasteiger partial charge in [-0.05, 0) is 42.0 Å². The van der Waals surface area contributed by atoms with Crippen LogP contribution in [0.5, 0.6) is 0 Å². The van der Waals surface area contributed by atoms with E-state index in [4.69, 9.17) is 11.6 Å². The monoisotopic (exact) mass is 347 g/mol. The second-order valence-corrected chi connectivity index (χ2v) is 7.08. The van der Waals surface area contributed by atoms with Crippen LogP contribution >= 0.6 is 22.9 Å². The first-order chi connectivity index (χ1) is 11.1. The van der Waals surface area contributed by atoms with Crippen molar-refractivity contribution in [2.24, 2.45) is 0 Å². The molecule has 5 heteroatoms. The van der Waals surface area contributed by atoms with Gasteiger partial charge in [-0.2, -0.15) is 0 Å². The Bertz CT molecular complexity index is 682. The predicted molar refractivity (Wildman–Crippen MR) is 93.0 cm³/mol. The second-order valence-electron chi connectivity index (χ2n) is 5.70. The summed E-state index contributed by atoms with van der Waals surface area (Å²) in [6.07, 6.45) is 2.52. The Hall–Kier alpha value is -1.65. The first-order valence-electron chi connectivity index (χ1n) is 7.77. The molecule has 120 valence electrons. The average Bonchev–Trinajstić information content (AvgIpc) is 3.24. The van der Waals surface area contributed by atoms with Crippen molar-refractivity contribution in [3.8, 4) is 0 Å². The highest BCUT2D eigenvalue weighted by molar-refractivity contribution is 7.12. The van der Waals surface area contributed by atoms with Crippen molar-refractivity contribution in [1.82, 2.24) is 4.90 Å². The van der Waals surface area contributed by atoms with Crippen LogP contribution in [0.2, 0.25) is 5.02 Å². The van der Waals surface area contributed by atoms with Crippen LogP contribution in [0.1, 0.15) is 47.0 Å². The number of amides is 1. The molecule has 1 aromatic heterocycles. The van der Waals surface area contributed by atoms with E-state index in [1.165, 1.54) is 11.3 Å². The van der Waals surface area contributed by atoms with Crippen LogP contribution in [0.4, 0.5) is 0 Å². The SMILES string of the molecule is O=C(CCC(=O)N1CCCC1c1ccc(Cl)cc1)c1cccs1. The highest BCUT2D eigenvalue weighted by Gasteiger charge is 2.29. The standard InChI is InChI=1S/C18H18ClNO2S/c19-14-7-5-13(6-8-14)15-3-1-11-20(15)18(22)10-9-16(21)17-4-2-12-23-17/h2,4-8,12,15H,1,3,9-11H2.